The maximum atomic E-state index is 11.8. The molecule has 0 atom stereocenters. The number of halogens is 2. The highest BCUT2D eigenvalue weighted by Gasteiger charge is 2.12. The maximum Gasteiger partial charge on any atom is 0.260 e. The molecule has 0 unspecified atom stereocenters. The second-order valence-electron chi connectivity index (χ2n) is 3.56. The third-order valence-corrected chi connectivity index (χ3v) is 3.14. The van der Waals surface area contributed by atoms with Gasteiger partial charge >= 0.3 is 0 Å². The van der Waals surface area contributed by atoms with Gasteiger partial charge in [-0.05, 0) is 25.1 Å². The van der Waals surface area contributed by atoms with Crippen LogP contribution >= 0.6 is 27.5 Å². The second kappa shape index (κ2) is 7.61. The van der Waals surface area contributed by atoms with Gasteiger partial charge in [-0.15, -0.1) is 0 Å². The summed E-state index contributed by atoms with van der Waals surface area (Å²) in [5.74, 6) is 0.291. The van der Waals surface area contributed by atoms with Crippen LogP contribution in [0.3, 0.4) is 0 Å². The average molecular weight is 337 g/mol. The summed E-state index contributed by atoms with van der Waals surface area (Å²) in [5, 5.41) is 9.26. The Labute approximate surface area is 120 Å². The number of rotatable bonds is 6. The molecule has 0 saturated carbocycles. The van der Waals surface area contributed by atoms with E-state index in [4.69, 9.17) is 21.4 Å². The molecule has 0 aliphatic heterocycles. The molecule has 1 amide bonds. The average Bonchev–Trinajstić information content (AvgIpc) is 2.34. The van der Waals surface area contributed by atoms with Crippen molar-refractivity contribution in [2.75, 3.05) is 26.3 Å². The molecule has 18 heavy (non-hydrogen) atoms. The molecule has 0 saturated heterocycles. The van der Waals surface area contributed by atoms with E-state index in [0.29, 0.717) is 23.9 Å². The minimum absolute atomic E-state index is 0.0569. The van der Waals surface area contributed by atoms with Gasteiger partial charge in [-0.3, -0.25) is 4.79 Å². The van der Waals surface area contributed by atoms with E-state index in [1.165, 1.54) is 4.90 Å². The molecule has 0 fully saturated rings. The molecule has 1 rings (SSSR count). The van der Waals surface area contributed by atoms with Crippen LogP contribution in [-0.4, -0.2) is 42.2 Å². The van der Waals surface area contributed by atoms with Gasteiger partial charge in [0.05, 0.1) is 11.6 Å². The molecule has 0 aliphatic rings. The first-order valence-electron chi connectivity index (χ1n) is 5.55. The smallest absolute Gasteiger partial charge is 0.260 e. The lowest BCUT2D eigenvalue weighted by atomic mass is 10.3. The van der Waals surface area contributed by atoms with Gasteiger partial charge in [-0.25, -0.2) is 0 Å². The van der Waals surface area contributed by atoms with Crippen molar-refractivity contribution in [1.82, 2.24) is 4.90 Å². The van der Waals surface area contributed by atoms with E-state index in [1.807, 2.05) is 6.92 Å². The van der Waals surface area contributed by atoms with E-state index in [-0.39, 0.29) is 19.1 Å². The molecule has 4 nitrogen and oxygen atoms in total. The van der Waals surface area contributed by atoms with Gasteiger partial charge in [0.1, 0.15) is 5.75 Å². The number of carbonyl (C=O) groups is 1. The van der Waals surface area contributed by atoms with E-state index in [1.54, 1.807) is 18.2 Å². The number of ether oxygens (including phenoxy) is 1. The molecule has 1 aromatic carbocycles. The van der Waals surface area contributed by atoms with Gasteiger partial charge in [0.15, 0.2) is 6.61 Å². The Bertz CT molecular complexity index is 414. The Morgan fingerprint density at radius 2 is 2.28 bits per heavy atom. The topological polar surface area (TPSA) is 49.8 Å². The van der Waals surface area contributed by atoms with E-state index >= 15 is 0 Å². The number of amides is 1. The van der Waals surface area contributed by atoms with Crippen molar-refractivity contribution in [3.05, 3.63) is 27.7 Å². The summed E-state index contributed by atoms with van der Waals surface area (Å²) in [6, 6.07) is 5.19. The van der Waals surface area contributed by atoms with Crippen LogP contribution in [0.4, 0.5) is 0 Å². The first kappa shape index (κ1) is 15.3. The molecule has 0 heterocycles. The van der Waals surface area contributed by atoms with E-state index < -0.39 is 0 Å². The highest BCUT2D eigenvalue weighted by atomic mass is 79.9. The van der Waals surface area contributed by atoms with Gasteiger partial charge in [-0.1, -0.05) is 27.5 Å². The molecule has 1 N–H and O–H groups in total. The standard InChI is InChI=1S/C12H15BrClNO3/c1-2-15(5-6-16)12(17)8-18-11-4-3-9(13)7-10(11)14/h3-4,7,16H,2,5-6,8H2,1H3. The molecule has 1 aromatic rings. The van der Waals surface area contributed by atoms with Gasteiger partial charge in [0, 0.05) is 17.6 Å². The van der Waals surface area contributed by atoms with Gasteiger partial charge in [0.25, 0.3) is 5.91 Å². The van der Waals surface area contributed by atoms with Gasteiger partial charge in [-0.2, -0.15) is 0 Å². The predicted octanol–water partition coefficient (Wildman–Crippen LogP) is 2.32. The number of aliphatic hydroxyl groups excluding tert-OH is 1. The van der Waals surface area contributed by atoms with Crippen LogP contribution in [-0.2, 0) is 4.79 Å². The zero-order valence-electron chi connectivity index (χ0n) is 10.0. The van der Waals surface area contributed by atoms with Crippen molar-refractivity contribution < 1.29 is 14.6 Å². The fourth-order valence-electron chi connectivity index (χ4n) is 1.40. The number of hydrogen-bond acceptors (Lipinski definition) is 3. The van der Waals surface area contributed by atoms with Crippen molar-refractivity contribution in [2.45, 2.75) is 6.92 Å². The van der Waals surface area contributed by atoms with Gasteiger partial charge in [0.2, 0.25) is 0 Å². The zero-order chi connectivity index (χ0) is 13.5. The summed E-state index contributed by atoms with van der Waals surface area (Å²) in [6.45, 7) is 2.55. The summed E-state index contributed by atoms with van der Waals surface area (Å²) in [6.07, 6.45) is 0. The molecular formula is C12H15BrClNO3. The lowest BCUT2D eigenvalue weighted by Gasteiger charge is -2.19. The second-order valence-corrected chi connectivity index (χ2v) is 4.88. The Morgan fingerprint density at radius 3 is 2.83 bits per heavy atom. The third kappa shape index (κ3) is 4.48. The fraction of sp³-hybridized carbons (Fsp3) is 0.417. The maximum absolute atomic E-state index is 11.8. The molecule has 100 valence electrons. The van der Waals surface area contributed by atoms with E-state index in [2.05, 4.69) is 15.9 Å². The lowest BCUT2D eigenvalue weighted by molar-refractivity contribution is -0.133. The number of aliphatic hydroxyl groups is 1. The molecule has 0 spiro atoms. The van der Waals surface area contributed by atoms with Crippen molar-refractivity contribution >= 4 is 33.4 Å². The summed E-state index contributed by atoms with van der Waals surface area (Å²) in [7, 11) is 0. The Morgan fingerprint density at radius 1 is 1.56 bits per heavy atom. The van der Waals surface area contributed by atoms with Crippen molar-refractivity contribution in [2.24, 2.45) is 0 Å². The summed E-state index contributed by atoms with van der Waals surface area (Å²) >= 11 is 9.26. The van der Waals surface area contributed by atoms with Gasteiger partial charge < -0.3 is 14.7 Å². The Hall–Kier alpha value is -0.780. The lowest BCUT2D eigenvalue weighted by Crippen LogP contribution is -2.36. The summed E-state index contributed by atoms with van der Waals surface area (Å²) in [5.41, 5.74) is 0. The molecular weight excluding hydrogens is 321 g/mol. The Balaban J connectivity index is 2.56. The zero-order valence-corrected chi connectivity index (χ0v) is 12.4. The number of nitrogens with zero attached hydrogens (tertiary/aromatic N) is 1. The van der Waals surface area contributed by atoms with Crippen molar-refractivity contribution in [1.29, 1.82) is 0 Å². The summed E-state index contributed by atoms with van der Waals surface area (Å²) in [4.78, 5) is 13.3. The van der Waals surface area contributed by atoms with E-state index in [0.717, 1.165) is 4.47 Å². The molecule has 6 heteroatoms. The first-order valence-corrected chi connectivity index (χ1v) is 6.72. The summed E-state index contributed by atoms with van der Waals surface area (Å²) < 4.78 is 6.21. The van der Waals surface area contributed by atoms with Crippen LogP contribution in [0.1, 0.15) is 6.92 Å². The molecule has 0 bridgehead atoms. The molecule has 0 aliphatic carbocycles. The molecule has 0 radical (unpaired) electrons. The van der Waals surface area contributed by atoms with Crippen LogP contribution < -0.4 is 4.74 Å². The quantitative estimate of drug-likeness (QED) is 0.867. The van der Waals surface area contributed by atoms with Crippen LogP contribution in [0.5, 0.6) is 5.75 Å². The number of carbonyl (C=O) groups excluding carboxylic acids is 1. The molecule has 0 aromatic heterocycles. The Kier molecular flexibility index (Phi) is 6.46. The number of hydrogen-bond donors (Lipinski definition) is 1. The van der Waals surface area contributed by atoms with Crippen LogP contribution in [0, 0.1) is 0 Å². The SMILES string of the molecule is CCN(CCO)C(=O)COc1ccc(Br)cc1Cl. The highest BCUT2D eigenvalue weighted by molar-refractivity contribution is 9.10. The van der Waals surface area contributed by atoms with Crippen molar-refractivity contribution in [3.8, 4) is 5.75 Å². The number of likely N-dealkylation sites (N-methyl/N-ethyl adjacent to an activating group) is 1. The highest BCUT2D eigenvalue weighted by Crippen LogP contribution is 2.27. The van der Waals surface area contributed by atoms with E-state index in [9.17, 15) is 4.79 Å². The minimum Gasteiger partial charge on any atom is -0.482 e. The number of benzene rings is 1. The minimum atomic E-state index is -0.175. The third-order valence-electron chi connectivity index (χ3n) is 2.35. The normalized spacial score (nSPS) is 10.2. The largest absolute Gasteiger partial charge is 0.482 e. The predicted molar refractivity (Wildman–Crippen MR) is 74.0 cm³/mol. The van der Waals surface area contributed by atoms with Crippen LogP contribution in [0.2, 0.25) is 5.02 Å². The monoisotopic (exact) mass is 335 g/mol. The first-order chi connectivity index (χ1) is 8.58. The van der Waals surface area contributed by atoms with Crippen LogP contribution in [0.15, 0.2) is 22.7 Å². The fourth-order valence-corrected chi connectivity index (χ4v) is 2.13. The van der Waals surface area contributed by atoms with Crippen molar-refractivity contribution in [3.63, 3.8) is 0 Å². The van der Waals surface area contributed by atoms with Crippen LogP contribution in [0.25, 0.3) is 0 Å².